The number of alkyl halides is 6. The monoisotopic (exact) mass is 688 g/mol. The van der Waals surface area contributed by atoms with Crippen molar-refractivity contribution in [3.63, 3.8) is 0 Å². The number of hydrogen-bond acceptors (Lipinski definition) is 5. The molecule has 5 aromatic rings. The highest BCUT2D eigenvalue weighted by atomic mass is 32.2. The lowest BCUT2D eigenvalue weighted by atomic mass is 10.0. The van der Waals surface area contributed by atoms with Crippen molar-refractivity contribution in [1.29, 1.82) is 0 Å². The second-order valence-corrected chi connectivity index (χ2v) is 12.3. The molecule has 0 aliphatic heterocycles. The molecule has 5 rings (SSSR count). The Morgan fingerprint density at radius 2 is 1.42 bits per heavy atom. The van der Waals surface area contributed by atoms with Crippen molar-refractivity contribution in [3.05, 3.63) is 136 Å². The predicted molar refractivity (Wildman–Crippen MR) is 164 cm³/mol. The number of nitrogens with zero attached hydrogens (tertiary/aromatic N) is 3. The van der Waals surface area contributed by atoms with Crippen molar-refractivity contribution in [2.24, 2.45) is 0 Å². The van der Waals surface area contributed by atoms with Crippen LogP contribution in [0.1, 0.15) is 40.2 Å². The van der Waals surface area contributed by atoms with Crippen LogP contribution in [0.3, 0.4) is 0 Å². The Morgan fingerprint density at radius 3 is 2.08 bits per heavy atom. The molecule has 0 aliphatic rings. The van der Waals surface area contributed by atoms with Crippen molar-refractivity contribution in [3.8, 4) is 16.8 Å². The minimum atomic E-state index is -4.83. The average Bonchev–Trinajstić information content (AvgIpc) is 3.34. The quantitative estimate of drug-likeness (QED) is 0.163. The zero-order valence-electron chi connectivity index (χ0n) is 24.8. The first-order valence-corrected chi connectivity index (χ1v) is 15.8. The van der Waals surface area contributed by atoms with Gasteiger partial charge in [-0.05, 0) is 47.9 Å². The highest BCUT2D eigenvalue weighted by molar-refractivity contribution is 7.90. The van der Waals surface area contributed by atoms with Gasteiger partial charge in [-0.15, -0.1) is 5.10 Å². The second kappa shape index (κ2) is 13.5. The number of aryl methyl sites for hydroxylation is 1. The van der Waals surface area contributed by atoms with Crippen molar-refractivity contribution in [2.45, 2.75) is 43.1 Å². The minimum absolute atomic E-state index is 0.140. The molecule has 0 radical (unpaired) electrons. The third-order valence-electron chi connectivity index (χ3n) is 7.28. The van der Waals surface area contributed by atoms with E-state index in [1.165, 1.54) is 48.5 Å². The van der Waals surface area contributed by atoms with E-state index in [0.29, 0.717) is 15.8 Å². The van der Waals surface area contributed by atoms with Gasteiger partial charge >= 0.3 is 18.0 Å². The number of rotatable bonds is 10. The Hall–Kier alpha value is -5.18. The summed E-state index contributed by atoms with van der Waals surface area (Å²) in [5.41, 5.74) is -1.46. The molecule has 0 atom stereocenters. The molecule has 1 N–H and O–H groups in total. The van der Waals surface area contributed by atoms with E-state index in [1.807, 2.05) is 0 Å². The number of nitrogens with one attached hydrogen (secondary N) is 1. The summed E-state index contributed by atoms with van der Waals surface area (Å²) in [7, 11) is -4.33. The first-order chi connectivity index (χ1) is 22.6. The highest BCUT2D eigenvalue weighted by Crippen LogP contribution is 2.33. The number of carbonyl (C=O) groups excluding carboxylic acids is 1. The minimum Gasteiger partial charge on any atom is -0.274 e. The number of hydrogen-bond donors (Lipinski definition) is 1. The van der Waals surface area contributed by atoms with Gasteiger partial charge in [0.05, 0.1) is 22.7 Å². The van der Waals surface area contributed by atoms with Crippen LogP contribution in [0, 0.1) is 0 Å². The summed E-state index contributed by atoms with van der Waals surface area (Å²) in [6.07, 6.45) is -11.3. The van der Waals surface area contributed by atoms with Gasteiger partial charge in [0.15, 0.2) is 0 Å². The van der Waals surface area contributed by atoms with Gasteiger partial charge < -0.3 is 0 Å². The maximum absolute atomic E-state index is 13.7. The summed E-state index contributed by atoms with van der Waals surface area (Å²) in [6, 6.07) is 24.1. The normalized spacial score (nSPS) is 12.2. The van der Waals surface area contributed by atoms with Crippen LogP contribution in [0.15, 0.2) is 113 Å². The van der Waals surface area contributed by atoms with Gasteiger partial charge in [0.2, 0.25) is 0 Å². The van der Waals surface area contributed by atoms with Crippen LogP contribution >= 0.6 is 0 Å². The third-order valence-corrected chi connectivity index (χ3v) is 8.67. The van der Waals surface area contributed by atoms with Gasteiger partial charge in [-0.1, -0.05) is 72.8 Å². The van der Waals surface area contributed by atoms with Crippen LogP contribution in [-0.2, 0) is 29.2 Å². The SMILES string of the molecule is O=C(NS(=O)(=O)c1ccccc1-c1ccc(Cn2c(CCCC(F)(F)F)nn(-c3ccccc3C(F)(F)F)c2=O)cc1)c1ccccc1. The molecule has 0 bridgehead atoms. The topological polar surface area (TPSA) is 103 Å². The number of halogens is 6. The standard InChI is InChI=1S/C33H26F6N4O4S/c34-32(35,36)20-8-15-29-40-43(27-13-6-5-12-26(27)33(37,38)39)31(45)42(29)21-22-16-18-23(19-17-22)25-11-4-7-14-28(25)48(46,47)41-30(44)24-9-2-1-3-10-24/h1-7,9-14,16-19H,8,15,20-21H2,(H,41,44). The van der Waals surface area contributed by atoms with E-state index in [0.717, 1.165) is 22.8 Å². The molecular weight excluding hydrogens is 662 g/mol. The van der Waals surface area contributed by atoms with E-state index in [1.54, 1.807) is 36.4 Å². The maximum Gasteiger partial charge on any atom is 0.418 e. The molecule has 1 heterocycles. The van der Waals surface area contributed by atoms with E-state index < -0.39 is 58.1 Å². The summed E-state index contributed by atoms with van der Waals surface area (Å²) in [4.78, 5) is 25.8. The average molecular weight is 689 g/mol. The van der Waals surface area contributed by atoms with E-state index in [4.69, 9.17) is 0 Å². The predicted octanol–water partition coefficient (Wildman–Crippen LogP) is 6.77. The van der Waals surface area contributed by atoms with Crippen molar-refractivity contribution in [1.82, 2.24) is 19.1 Å². The Bertz CT molecular complexity index is 2090. The van der Waals surface area contributed by atoms with Gasteiger partial charge in [0, 0.05) is 24.0 Å². The number of carbonyl (C=O) groups is 1. The molecule has 0 fully saturated rings. The molecular formula is C33H26F6N4O4S. The molecule has 0 saturated heterocycles. The highest BCUT2D eigenvalue weighted by Gasteiger charge is 2.35. The van der Waals surface area contributed by atoms with Gasteiger partial charge in [-0.2, -0.15) is 31.0 Å². The van der Waals surface area contributed by atoms with Crippen LogP contribution in [0.25, 0.3) is 16.8 Å². The van der Waals surface area contributed by atoms with Crippen LogP contribution in [0.2, 0.25) is 0 Å². The number of benzene rings is 4. The summed E-state index contributed by atoms with van der Waals surface area (Å²) in [5, 5.41) is 4.02. The molecule has 1 amide bonds. The number of aromatic nitrogens is 3. The zero-order chi connectivity index (χ0) is 34.7. The molecule has 250 valence electrons. The van der Waals surface area contributed by atoms with Gasteiger partial charge in [-0.25, -0.2) is 17.9 Å². The Kier molecular flexibility index (Phi) is 9.62. The second-order valence-electron chi connectivity index (χ2n) is 10.7. The molecule has 0 unspecified atom stereocenters. The first-order valence-electron chi connectivity index (χ1n) is 14.4. The summed E-state index contributed by atoms with van der Waals surface area (Å²) in [5.74, 6) is -0.966. The number of sulfonamides is 1. The molecule has 0 aliphatic carbocycles. The third kappa shape index (κ3) is 7.85. The van der Waals surface area contributed by atoms with Crippen LogP contribution in [0.4, 0.5) is 26.3 Å². The van der Waals surface area contributed by atoms with Crippen molar-refractivity contribution >= 4 is 15.9 Å². The maximum atomic E-state index is 13.7. The van der Waals surface area contributed by atoms with Crippen molar-refractivity contribution in [2.75, 3.05) is 0 Å². The van der Waals surface area contributed by atoms with Crippen LogP contribution < -0.4 is 10.4 Å². The zero-order valence-corrected chi connectivity index (χ0v) is 25.6. The summed E-state index contributed by atoms with van der Waals surface area (Å²) < 4.78 is 110. The molecule has 15 heteroatoms. The Morgan fingerprint density at radius 1 is 0.792 bits per heavy atom. The lowest BCUT2D eigenvalue weighted by Crippen LogP contribution is -2.30. The molecule has 8 nitrogen and oxygen atoms in total. The van der Waals surface area contributed by atoms with E-state index in [-0.39, 0.29) is 34.8 Å². The molecule has 4 aromatic carbocycles. The molecule has 1 aromatic heterocycles. The van der Waals surface area contributed by atoms with Crippen molar-refractivity contribution < 1.29 is 39.6 Å². The summed E-state index contributed by atoms with van der Waals surface area (Å²) in [6.45, 7) is -0.248. The lowest BCUT2D eigenvalue weighted by molar-refractivity contribution is -0.137. The van der Waals surface area contributed by atoms with E-state index in [2.05, 4.69) is 9.82 Å². The van der Waals surface area contributed by atoms with Crippen LogP contribution in [0.5, 0.6) is 0 Å². The largest absolute Gasteiger partial charge is 0.418 e. The Balaban J connectivity index is 1.46. The first kappa shape index (κ1) is 34.2. The molecule has 0 spiro atoms. The van der Waals surface area contributed by atoms with Gasteiger partial charge in [-0.3, -0.25) is 9.36 Å². The smallest absolute Gasteiger partial charge is 0.274 e. The van der Waals surface area contributed by atoms with E-state index in [9.17, 15) is 44.3 Å². The van der Waals surface area contributed by atoms with Gasteiger partial charge in [0.25, 0.3) is 15.9 Å². The fourth-order valence-corrected chi connectivity index (χ4v) is 6.22. The number of para-hydroxylation sites is 1. The fourth-order valence-electron chi connectivity index (χ4n) is 5.02. The summed E-state index contributed by atoms with van der Waals surface area (Å²) >= 11 is 0. The molecule has 48 heavy (non-hydrogen) atoms. The molecule has 0 saturated carbocycles. The van der Waals surface area contributed by atoms with E-state index >= 15 is 0 Å². The number of amides is 1. The Labute approximate surface area is 270 Å². The lowest BCUT2D eigenvalue weighted by Gasteiger charge is -2.13. The van der Waals surface area contributed by atoms with Crippen LogP contribution in [-0.4, -0.2) is 34.8 Å². The van der Waals surface area contributed by atoms with Gasteiger partial charge in [0.1, 0.15) is 5.82 Å². The fraction of sp³-hybridized carbons (Fsp3) is 0.182.